The molecule has 29 heavy (non-hydrogen) atoms. The number of thiazole rings is 1. The predicted octanol–water partition coefficient (Wildman–Crippen LogP) is 3.14. The molecule has 152 valence electrons. The second-order valence-corrected chi connectivity index (χ2v) is 8.50. The van der Waals surface area contributed by atoms with E-state index in [9.17, 15) is 17.6 Å². The fraction of sp³-hybridized carbons (Fsp3) is 0.158. The number of carbonyl (C=O) groups excluding carboxylic acids is 1. The number of hydrogen-bond donors (Lipinski definition) is 1. The molecular weight excluding hydrogens is 419 g/mol. The van der Waals surface area contributed by atoms with Crippen LogP contribution in [0.4, 0.5) is 4.39 Å². The van der Waals surface area contributed by atoms with Gasteiger partial charge >= 0.3 is 5.97 Å². The second kappa shape index (κ2) is 8.68. The van der Waals surface area contributed by atoms with Gasteiger partial charge in [0.1, 0.15) is 34.7 Å². The summed E-state index contributed by atoms with van der Waals surface area (Å²) in [5, 5.41) is 5.63. The van der Waals surface area contributed by atoms with Gasteiger partial charge in [-0.2, -0.15) is 0 Å². The average Bonchev–Trinajstić information content (AvgIpc) is 3.07. The summed E-state index contributed by atoms with van der Waals surface area (Å²) in [5.41, 5.74) is 1.24. The molecular formula is C19H17FN2O5S2. The zero-order chi connectivity index (χ0) is 21.0. The smallest absolute Gasteiger partial charge is 0.350 e. The molecule has 0 fully saturated rings. The van der Waals surface area contributed by atoms with E-state index in [-0.39, 0.29) is 23.9 Å². The highest BCUT2D eigenvalue weighted by Gasteiger charge is 2.17. The third-order valence-electron chi connectivity index (χ3n) is 3.81. The molecule has 2 N–H and O–H groups in total. The van der Waals surface area contributed by atoms with Gasteiger partial charge in [0.2, 0.25) is 10.0 Å². The summed E-state index contributed by atoms with van der Waals surface area (Å²) in [7, 11) is -3.76. The third kappa shape index (κ3) is 5.37. The van der Waals surface area contributed by atoms with Gasteiger partial charge in [-0.15, -0.1) is 11.3 Å². The van der Waals surface area contributed by atoms with Gasteiger partial charge in [0, 0.05) is 5.56 Å². The lowest BCUT2D eigenvalue weighted by Gasteiger charge is -2.07. The molecule has 0 unspecified atom stereocenters. The van der Waals surface area contributed by atoms with Crippen LogP contribution in [0.2, 0.25) is 0 Å². The van der Waals surface area contributed by atoms with Crippen LogP contribution in [-0.2, 0) is 14.8 Å². The summed E-state index contributed by atoms with van der Waals surface area (Å²) in [6.07, 6.45) is 0. The molecule has 0 saturated carbocycles. The Morgan fingerprint density at radius 3 is 2.38 bits per heavy atom. The Hall–Kier alpha value is -2.82. The molecule has 3 aromatic rings. The van der Waals surface area contributed by atoms with E-state index in [0.29, 0.717) is 26.9 Å². The van der Waals surface area contributed by atoms with Gasteiger partial charge in [0.05, 0.1) is 10.6 Å². The zero-order valence-corrected chi connectivity index (χ0v) is 16.9. The van der Waals surface area contributed by atoms with Crippen LogP contribution in [0.25, 0.3) is 10.6 Å². The molecule has 0 bridgehead atoms. The number of ether oxygens (including phenoxy) is 2. The first-order valence-corrected chi connectivity index (χ1v) is 10.8. The number of benzene rings is 2. The van der Waals surface area contributed by atoms with Gasteiger partial charge in [0.15, 0.2) is 0 Å². The Kier molecular flexibility index (Phi) is 6.26. The molecule has 0 spiro atoms. The van der Waals surface area contributed by atoms with Crippen molar-refractivity contribution in [3.63, 3.8) is 0 Å². The van der Waals surface area contributed by atoms with Crippen molar-refractivity contribution in [3.05, 3.63) is 64.9 Å². The molecule has 10 heteroatoms. The first-order chi connectivity index (χ1) is 13.7. The van der Waals surface area contributed by atoms with Crippen LogP contribution in [0.1, 0.15) is 15.4 Å². The van der Waals surface area contributed by atoms with E-state index in [4.69, 9.17) is 14.6 Å². The van der Waals surface area contributed by atoms with E-state index in [2.05, 4.69) is 4.98 Å². The maximum absolute atomic E-state index is 13.0. The Morgan fingerprint density at radius 1 is 1.10 bits per heavy atom. The number of hydrogen-bond acceptors (Lipinski definition) is 7. The van der Waals surface area contributed by atoms with Crippen molar-refractivity contribution < 1.29 is 27.1 Å². The van der Waals surface area contributed by atoms with E-state index in [1.165, 1.54) is 47.7 Å². The zero-order valence-electron chi connectivity index (χ0n) is 15.3. The summed E-state index contributed by atoms with van der Waals surface area (Å²) in [6.45, 7) is 1.78. The Bertz CT molecular complexity index is 1110. The van der Waals surface area contributed by atoms with E-state index >= 15 is 0 Å². The van der Waals surface area contributed by atoms with Crippen LogP contribution >= 0.6 is 11.3 Å². The number of nitrogens with zero attached hydrogens (tertiary/aromatic N) is 1. The van der Waals surface area contributed by atoms with Crippen molar-refractivity contribution >= 4 is 27.3 Å². The number of primary sulfonamides is 1. The molecule has 0 radical (unpaired) electrons. The molecule has 2 aromatic carbocycles. The standard InChI is InChI=1S/C19H17FN2O5S2/c1-12-17(28-18(22-12)13-2-4-14(20)5-3-13)19(23)27-11-10-26-15-6-8-16(9-7-15)29(21,24)25/h2-9H,10-11H2,1H3,(H2,21,24,25). The predicted molar refractivity (Wildman–Crippen MR) is 106 cm³/mol. The van der Waals surface area contributed by atoms with Crippen LogP contribution in [0.5, 0.6) is 5.75 Å². The Balaban J connectivity index is 1.54. The number of rotatable bonds is 7. The van der Waals surface area contributed by atoms with Crippen LogP contribution in [0.3, 0.4) is 0 Å². The normalized spacial score (nSPS) is 11.3. The summed E-state index contributed by atoms with van der Waals surface area (Å²) in [4.78, 5) is 17.0. The number of aryl methyl sites for hydroxylation is 1. The topological polar surface area (TPSA) is 109 Å². The van der Waals surface area contributed by atoms with E-state index in [1.807, 2.05) is 0 Å². The van der Waals surface area contributed by atoms with Gasteiger partial charge in [-0.25, -0.2) is 27.7 Å². The highest BCUT2D eigenvalue weighted by molar-refractivity contribution is 7.89. The van der Waals surface area contributed by atoms with Crippen LogP contribution in [0, 0.1) is 12.7 Å². The molecule has 0 aliphatic carbocycles. The van der Waals surface area contributed by atoms with Crippen LogP contribution < -0.4 is 9.88 Å². The monoisotopic (exact) mass is 436 g/mol. The van der Waals surface area contributed by atoms with Crippen molar-refractivity contribution in [2.75, 3.05) is 13.2 Å². The SMILES string of the molecule is Cc1nc(-c2ccc(F)cc2)sc1C(=O)OCCOc1ccc(S(N)(=O)=O)cc1. The van der Waals surface area contributed by atoms with Gasteiger partial charge < -0.3 is 9.47 Å². The molecule has 7 nitrogen and oxygen atoms in total. The van der Waals surface area contributed by atoms with Crippen LogP contribution in [0.15, 0.2) is 53.4 Å². The molecule has 0 aliphatic rings. The second-order valence-electron chi connectivity index (χ2n) is 5.94. The molecule has 0 aliphatic heterocycles. The van der Waals surface area contributed by atoms with Crippen molar-refractivity contribution in [3.8, 4) is 16.3 Å². The number of nitrogens with two attached hydrogens (primary N) is 1. The van der Waals surface area contributed by atoms with Gasteiger partial charge in [-0.05, 0) is 55.5 Å². The van der Waals surface area contributed by atoms with Gasteiger partial charge in [-0.3, -0.25) is 0 Å². The van der Waals surface area contributed by atoms with Crippen LogP contribution in [-0.4, -0.2) is 32.6 Å². The van der Waals surface area contributed by atoms with E-state index in [0.717, 1.165) is 0 Å². The highest BCUT2D eigenvalue weighted by atomic mass is 32.2. The number of sulfonamides is 1. The lowest BCUT2D eigenvalue weighted by atomic mass is 10.2. The lowest BCUT2D eigenvalue weighted by molar-refractivity contribution is 0.0455. The third-order valence-corrected chi connectivity index (χ3v) is 5.93. The molecule has 3 rings (SSSR count). The average molecular weight is 436 g/mol. The van der Waals surface area contributed by atoms with Crippen molar-refractivity contribution in [1.82, 2.24) is 4.98 Å². The fourth-order valence-electron chi connectivity index (χ4n) is 2.39. The first kappa shape index (κ1) is 20.9. The summed E-state index contributed by atoms with van der Waals surface area (Å²) in [5.74, 6) is -0.455. The fourth-order valence-corrected chi connectivity index (χ4v) is 3.87. The van der Waals surface area contributed by atoms with Crippen molar-refractivity contribution in [2.24, 2.45) is 5.14 Å². The number of halogens is 1. The summed E-state index contributed by atoms with van der Waals surface area (Å²) >= 11 is 1.17. The Labute approximate surface area is 171 Å². The molecule has 0 saturated heterocycles. The summed E-state index contributed by atoms with van der Waals surface area (Å²) < 4.78 is 46.1. The van der Waals surface area contributed by atoms with Gasteiger partial charge in [0.25, 0.3) is 0 Å². The maximum Gasteiger partial charge on any atom is 0.350 e. The van der Waals surface area contributed by atoms with Crippen molar-refractivity contribution in [1.29, 1.82) is 0 Å². The summed E-state index contributed by atoms with van der Waals surface area (Å²) in [6, 6.07) is 11.4. The number of carbonyl (C=O) groups is 1. The molecule has 1 heterocycles. The minimum atomic E-state index is -3.76. The number of esters is 1. The molecule has 1 aromatic heterocycles. The molecule has 0 atom stereocenters. The minimum Gasteiger partial charge on any atom is -0.490 e. The largest absolute Gasteiger partial charge is 0.490 e. The van der Waals surface area contributed by atoms with E-state index < -0.39 is 16.0 Å². The minimum absolute atomic E-state index is 0.000998. The number of aromatic nitrogens is 1. The Morgan fingerprint density at radius 2 is 1.76 bits per heavy atom. The highest BCUT2D eigenvalue weighted by Crippen LogP contribution is 2.28. The van der Waals surface area contributed by atoms with E-state index in [1.54, 1.807) is 19.1 Å². The van der Waals surface area contributed by atoms with Crippen molar-refractivity contribution in [2.45, 2.75) is 11.8 Å². The lowest BCUT2D eigenvalue weighted by Crippen LogP contribution is -2.13. The quantitative estimate of drug-likeness (QED) is 0.450. The molecule has 0 amide bonds. The first-order valence-electron chi connectivity index (χ1n) is 8.40. The van der Waals surface area contributed by atoms with Gasteiger partial charge in [-0.1, -0.05) is 0 Å². The maximum atomic E-state index is 13.0.